The van der Waals surface area contributed by atoms with Crippen molar-refractivity contribution in [3.8, 4) is 0 Å². The van der Waals surface area contributed by atoms with Gasteiger partial charge in [0, 0.05) is 7.05 Å². The molecule has 0 spiro atoms. The lowest BCUT2D eigenvalue weighted by molar-refractivity contribution is -0.0697. The minimum Gasteiger partial charge on any atom is -0.376 e. The predicted molar refractivity (Wildman–Crippen MR) is 56.4 cm³/mol. The van der Waals surface area contributed by atoms with Crippen LogP contribution in [-0.2, 0) is 0 Å². The summed E-state index contributed by atoms with van der Waals surface area (Å²) in [6.07, 6.45) is -2.85. The second-order valence-electron chi connectivity index (χ2n) is 3.50. The Kier molecular flexibility index (Phi) is 4.67. The molecule has 1 rings (SSSR count). The number of urea groups is 2. The van der Waals surface area contributed by atoms with E-state index in [1.54, 1.807) is 0 Å². The molecule has 0 aromatic heterocycles. The van der Waals surface area contributed by atoms with Gasteiger partial charge in [0.15, 0.2) is 12.4 Å². The topological polar surface area (TPSA) is 137 Å². The van der Waals surface area contributed by atoms with Crippen molar-refractivity contribution in [1.82, 2.24) is 20.0 Å². The largest absolute Gasteiger partial charge is 0.376 e. The number of hydrogen-bond donors (Lipinski definition) is 5. The lowest BCUT2D eigenvalue weighted by atomic mass is 10.3. The van der Waals surface area contributed by atoms with Gasteiger partial charge >= 0.3 is 12.1 Å². The maximum atomic E-state index is 11.7. The lowest BCUT2D eigenvalue weighted by Gasteiger charge is -2.32. The van der Waals surface area contributed by atoms with Crippen LogP contribution < -0.4 is 5.32 Å². The SMILES string of the molecule is CNC(=O)N(CO)C1[C@H](O)N(CO)C(=O)N1CO. The average molecular weight is 264 g/mol. The van der Waals surface area contributed by atoms with Gasteiger partial charge in [-0.3, -0.25) is 14.7 Å². The number of nitrogens with one attached hydrogen (secondary N) is 1. The number of aliphatic hydroxyl groups excluding tert-OH is 4. The van der Waals surface area contributed by atoms with Crippen LogP contribution in [0.5, 0.6) is 0 Å². The fourth-order valence-electron chi connectivity index (χ4n) is 1.74. The maximum Gasteiger partial charge on any atom is 0.327 e. The Bertz CT molecular complexity index is 327. The molecule has 10 nitrogen and oxygen atoms in total. The molecule has 18 heavy (non-hydrogen) atoms. The third-order valence-corrected chi connectivity index (χ3v) is 2.65. The molecule has 0 radical (unpaired) electrons. The molecule has 0 bridgehead atoms. The van der Waals surface area contributed by atoms with Crippen molar-refractivity contribution in [3.05, 3.63) is 0 Å². The van der Waals surface area contributed by atoms with Crippen molar-refractivity contribution in [3.63, 3.8) is 0 Å². The van der Waals surface area contributed by atoms with Crippen LogP contribution in [0.1, 0.15) is 0 Å². The molecule has 1 saturated heterocycles. The van der Waals surface area contributed by atoms with E-state index < -0.39 is 44.6 Å². The molecule has 1 aliphatic rings. The monoisotopic (exact) mass is 264 g/mol. The molecule has 104 valence electrons. The number of aliphatic hydroxyl groups is 4. The van der Waals surface area contributed by atoms with E-state index >= 15 is 0 Å². The zero-order valence-electron chi connectivity index (χ0n) is 9.72. The highest BCUT2D eigenvalue weighted by Gasteiger charge is 2.48. The molecule has 1 unspecified atom stereocenters. The Morgan fingerprint density at radius 3 is 2.28 bits per heavy atom. The van der Waals surface area contributed by atoms with E-state index in [0.717, 1.165) is 9.80 Å². The number of carbonyl (C=O) groups is 2. The maximum absolute atomic E-state index is 11.7. The molecule has 0 saturated carbocycles. The van der Waals surface area contributed by atoms with Crippen LogP contribution >= 0.6 is 0 Å². The van der Waals surface area contributed by atoms with Crippen molar-refractivity contribution >= 4 is 12.1 Å². The average Bonchev–Trinajstić information content (AvgIpc) is 2.61. The molecule has 1 fully saturated rings. The normalized spacial score (nSPS) is 23.5. The predicted octanol–water partition coefficient (Wildman–Crippen LogP) is -3.14. The molecular weight excluding hydrogens is 248 g/mol. The molecule has 2 atom stereocenters. The molecular formula is C8H16N4O6. The minimum absolute atomic E-state index is 0.645. The number of nitrogens with zero attached hydrogens (tertiary/aromatic N) is 3. The summed E-state index contributed by atoms with van der Waals surface area (Å²) >= 11 is 0. The zero-order chi connectivity index (χ0) is 13.9. The second kappa shape index (κ2) is 5.82. The number of hydrogen-bond acceptors (Lipinski definition) is 6. The Balaban J connectivity index is 3.03. The zero-order valence-corrected chi connectivity index (χ0v) is 9.72. The van der Waals surface area contributed by atoms with E-state index in [9.17, 15) is 14.7 Å². The lowest BCUT2D eigenvalue weighted by Crippen LogP contribution is -2.56. The van der Waals surface area contributed by atoms with Gasteiger partial charge in [0.05, 0.1) is 0 Å². The quantitative estimate of drug-likeness (QED) is 0.340. The highest BCUT2D eigenvalue weighted by molar-refractivity contribution is 5.80. The van der Waals surface area contributed by atoms with Gasteiger partial charge in [0.2, 0.25) is 0 Å². The van der Waals surface area contributed by atoms with Gasteiger partial charge in [0.1, 0.15) is 20.2 Å². The molecule has 10 heteroatoms. The summed E-state index contributed by atoms with van der Waals surface area (Å²) in [7, 11) is 1.31. The van der Waals surface area contributed by atoms with E-state index in [1.165, 1.54) is 7.05 Å². The van der Waals surface area contributed by atoms with Crippen LogP contribution in [0.4, 0.5) is 9.59 Å². The van der Waals surface area contributed by atoms with Gasteiger partial charge in [-0.15, -0.1) is 0 Å². The first kappa shape index (κ1) is 14.4. The summed E-state index contributed by atoms with van der Waals surface area (Å²) in [5.74, 6) is 0. The van der Waals surface area contributed by atoms with Crippen molar-refractivity contribution in [2.45, 2.75) is 12.4 Å². The molecule has 0 aliphatic carbocycles. The van der Waals surface area contributed by atoms with E-state index in [-0.39, 0.29) is 0 Å². The third-order valence-electron chi connectivity index (χ3n) is 2.65. The second-order valence-corrected chi connectivity index (χ2v) is 3.50. The molecule has 0 aromatic carbocycles. The number of rotatable bonds is 4. The van der Waals surface area contributed by atoms with Gasteiger partial charge in [0.25, 0.3) is 0 Å². The Hall–Kier alpha value is -1.62. The summed E-state index contributed by atoms with van der Waals surface area (Å²) in [6.45, 7) is -2.32. The highest BCUT2D eigenvalue weighted by Crippen LogP contribution is 2.23. The van der Waals surface area contributed by atoms with Crippen LogP contribution in [-0.4, -0.2) is 86.8 Å². The summed E-state index contributed by atoms with van der Waals surface area (Å²) < 4.78 is 0. The fraction of sp³-hybridized carbons (Fsp3) is 0.750. The van der Waals surface area contributed by atoms with E-state index in [0.29, 0.717) is 4.90 Å². The minimum atomic E-state index is -1.56. The Morgan fingerprint density at radius 1 is 1.33 bits per heavy atom. The molecule has 4 amide bonds. The molecule has 1 heterocycles. The van der Waals surface area contributed by atoms with Crippen molar-refractivity contribution < 1.29 is 30.0 Å². The molecule has 0 aromatic rings. The van der Waals surface area contributed by atoms with Crippen LogP contribution in [0.2, 0.25) is 0 Å². The summed E-state index contributed by atoms with van der Waals surface area (Å²) in [6, 6.07) is -1.59. The third kappa shape index (κ3) is 2.18. The summed E-state index contributed by atoms with van der Waals surface area (Å²) in [5.41, 5.74) is 0. The van der Waals surface area contributed by atoms with E-state index in [1.807, 2.05) is 0 Å². The van der Waals surface area contributed by atoms with Crippen LogP contribution in [0, 0.1) is 0 Å². The smallest absolute Gasteiger partial charge is 0.327 e. The van der Waals surface area contributed by atoms with Gasteiger partial charge < -0.3 is 25.7 Å². The molecule has 1 aliphatic heterocycles. The fourth-order valence-corrected chi connectivity index (χ4v) is 1.74. The van der Waals surface area contributed by atoms with Gasteiger partial charge in [-0.1, -0.05) is 0 Å². The van der Waals surface area contributed by atoms with Gasteiger partial charge in [-0.25, -0.2) is 9.59 Å². The van der Waals surface area contributed by atoms with E-state index in [2.05, 4.69) is 5.32 Å². The van der Waals surface area contributed by atoms with Gasteiger partial charge in [-0.05, 0) is 0 Å². The van der Waals surface area contributed by atoms with Crippen LogP contribution in [0.3, 0.4) is 0 Å². The van der Waals surface area contributed by atoms with Crippen molar-refractivity contribution in [2.75, 3.05) is 27.2 Å². The first-order valence-corrected chi connectivity index (χ1v) is 5.09. The number of amides is 4. The Morgan fingerprint density at radius 2 is 1.89 bits per heavy atom. The van der Waals surface area contributed by atoms with Crippen LogP contribution in [0.25, 0.3) is 0 Å². The highest BCUT2D eigenvalue weighted by atomic mass is 16.4. The van der Waals surface area contributed by atoms with Crippen molar-refractivity contribution in [2.24, 2.45) is 0 Å². The van der Waals surface area contributed by atoms with Gasteiger partial charge in [-0.2, -0.15) is 0 Å². The summed E-state index contributed by atoms with van der Waals surface area (Å²) in [5, 5.41) is 39.2. The van der Waals surface area contributed by atoms with Crippen LogP contribution in [0.15, 0.2) is 0 Å². The first-order chi connectivity index (χ1) is 8.53. The summed E-state index contributed by atoms with van der Waals surface area (Å²) in [4.78, 5) is 25.3. The Labute approximate surface area is 103 Å². The van der Waals surface area contributed by atoms with Crippen molar-refractivity contribution in [1.29, 1.82) is 0 Å². The van der Waals surface area contributed by atoms with E-state index in [4.69, 9.17) is 15.3 Å². The molecule has 5 N–H and O–H groups in total. The number of carbonyl (C=O) groups excluding carboxylic acids is 2. The first-order valence-electron chi connectivity index (χ1n) is 5.09. The standard InChI is InChI=1S/C8H16N4O6/c1-9-7(17)10(2-13)5-6(16)12(4-15)8(18)11(5)3-14/h5-6,13-16H,2-4H2,1H3,(H,9,17)/t5?,6-/m0/s1.